The SMILES string of the molecule is C=CC(=O)Oc1ccc(-c2ccc(OC(=O)C=C)c(F)c2)cc1F. The van der Waals surface area contributed by atoms with Gasteiger partial charge in [0, 0.05) is 12.2 Å². The second-order valence-electron chi connectivity index (χ2n) is 4.54. The van der Waals surface area contributed by atoms with Crippen LogP contribution in [0.15, 0.2) is 61.7 Å². The quantitative estimate of drug-likeness (QED) is 0.475. The van der Waals surface area contributed by atoms with Crippen molar-refractivity contribution in [1.29, 1.82) is 0 Å². The van der Waals surface area contributed by atoms with E-state index in [0.29, 0.717) is 11.1 Å². The Hall–Kier alpha value is -3.28. The van der Waals surface area contributed by atoms with E-state index in [1.165, 1.54) is 24.3 Å². The molecular formula is C18H12F2O4. The predicted molar refractivity (Wildman–Crippen MR) is 83.5 cm³/mol. The lowest BCUT2D eigenvalue weighted by Crippen LogP contribution is -2.05. The molecule has 0 aromatic heterocycles. The van der Waals surface area contributed by atoms with E-state index in [1.807, 2.05) is 0 Å². The molecule has 0 unspecified atom stereocenters. The lowest BCUT2D eigenvalue weighted by Gasteiger charge is -2.08. The Labute approximate surface area is 136 Å². The summed E-state index contributed by atoms with van der Waals surface area (Å²) >= 11 is 0. The number of esters is 2. The largest absolute Gasteiger partial charge is 0.420 e. The average Bonchev–Trinajstić information content (AvgIpc) is 2.58. The minimum absolute atomic E-state index is 0.263. The van der Waals surface area contributed by atoms with E-state index in [9.17, 15) is 18.4 Å². The molecule has 0 heterocycles. The Balaban J connectivity index is 2.28. The summed E-state index contributed by atoms with van der Waals surface area (Å²) in [5.41, 5.74) is 0.706. The number of hydrogen-bond acceptors (Lipinski definition) is 4. The van der Waals surface area contributed by atoms with Gasteiger partial charge in [0.25, 0.3) is 0 Å². The molecule has 0 amide bonds. The third kappa shape index (κ3) is 3.92. The van der Waals surface area contributed by atoms with Gasteiger partial charge in [-0.05, 0) is 35.4 Å². The second-order valence-corrected chi connectivity index (χ2v) is 4.54. The first-order chi connectivity index (χ1) is 11.4. The van der Waals surface area contributed by atoms with E-state index in [4.69, 9.17) is 9.47 Å². The molecule has 0 aliphatic heterocycles. The molecule has 0 aliphatic carbocycles. The Bertz CT molecular complexity index is 758. The average molecular weight is 330 g/mol. The summed E-state index contributed by atoms with van der Waals surface area (Å²) in [6, 6.07) is 7.59. The Morgan fingerprint density at radius 1 is 0.792 bits per heavy atom. The smallest absolute Gasteiger partial charge is 0.335 e. The molecule has 0 atom stereocenters. The van der Waals surface area contributed by atoms with Gasteiger partial charge in [0.2, 0.25) is 0 Å². The van der Waals surface area contributed by atoms with Gasteiger partial charge >= 0.3 is 11.9 Å². The molecule has 0 aliphatic rings. The van der Waals surface area contributed by atoms with Crippen LogP contribution in [0.1, 0.15) is 0 Å². The van der Waals surface area contributed by atoms with Crippen LogP contribution in [0.4, 0.5) is 8.78 Å². The van der Waals surface area contributed by atoms with Crippen LogP contribution in [0.25, 0.3) is 11.1 Å². The first kappa shape index (κ1) is 17.1. The highest BCUT2D eigenvalue weighted by Gasteiger charge is 2.12. The lowest BCUT2D eigenvalue weighted by atomic mass is 10.0. The fraction of sp³-hybridized carbons (Fsp3) is 0. The van der Waals surface area contributed by atoms with Crippen molar-refractivity contribution in [2.75, 3.05) is 0 Å². The van der Waals surface area contributed by atoms with Crippen molar-refractivity contribution >= 4 is 11.9 Å². The third-order valence-corrected chi connectivity index (χ3v) is 2.95. The van der Waals surface area contributed by atoms with Gasteiger partial charge in [-0.1, -0.05) is 25.3 Å². The van der Waals surface area contributed by atoms with E-state index < -0.39 is 23.6 Å². The molecule has 0 fully saturated rings. The van der Waals surface area contributed by atoms with Crippen molar-refractivity contribution in [3.63, 3.8) is 0 Å². The fourth-order valence-corrected chi connectivity index (χ4v) is 1.83. The van der Waals surface area contributed by atoms with Gasteiger partial charge in [-0.25, -0.2) is 18.4 Å². The maximum Gasteiger partial charge on any atom is 0.335 e. The van der Waals surface area contributed by atoms with Crippen LogP contribution in [0, 0.1) is 11.6 Å². The number of halogens is 2. The number of ether oxygens (including phenoxy) is 2. The van der Waals surface area contributed by atoms with Crippen LogP contribution >= 0.6 is 0 Å². The van der Waals surface area contributed by atoms with E-state index in [0.717, 1.165) is 24.3 Å². The minimum atomic E-state index is -0.791. The van der Waals surface area contributed by atoms with Crippen molar-refractivity contribution in [2.24, 2.45) is 0 Å². The molecule has 2 aromatic rings. The fourth-order valence-electron chi connectivity index (χ4n) is 1.83. The van der Waals surface area contributed by atoms with Gasteiger partial charge in [0.05, 0.1) is 0 Å². The number of carbonyl (C=O) groups excluding carboxylic acids is 2. The molecule has 0 saturated carbocycles. The van der Waals surface area contributed by atoms with Crippen LogP contribution in [0.5, 0.6) is 11.5 Å². The summed E-state index contributed by atoms with van der Waals surface area (Å²) in [5.74, 6) is -3.68. The molecule has 122 valence electrons. The highest BCUT2D eigenvalue weighted by molar-refractivity contribution is 5.84. The zero-order chi connectivity index (χ0) is 17.7. The normalized spacial score (nSPS) is 9.92. The highest BCUT2D eigenvalue weighted by Crippen LogP contribution is 2.29. The molecule has 0 bridgehead atoms. The molecule has 6 heteroatoms. The maximum atomic E-state index is 13.9. The molecular weight excluding hydrogens is 318 g/mol. The molecule has 24 heavy (non-hydrogen) atoms. The summed E-state index contributed by atoms with van der Waals surface area (Å²) in [4.78, 5) is 22.2. The van der Waals surface area contributed by atoms with Crippen molar-refractivity contribution in [3.05, 3.63) is 73.3 Å². The van der Waals surface area contributed by atoms with Crippen LogP contribution in [-0.2, 0) is 9.59 Å². The molecule has 2 aromatic carbocycles. The molecule has 0 spiro atoms. The zero-order valence-electron chi connectivity index (χ0n) is 12.4. The Kier molecular flexibility index (Phi) is 5.21. The third-order valence-electron chi connectivity index (χ3n) is 2.95. The van der Waals surface area contributed by atoms with E-state index in [1.54, 1.807) is 0 Å². The van der Waals surface area contributed by atoms with Crippen molar-refractivity contribution in [3.8, 4) is 22.6 Å². The maximum absolute atomic E-state index is 13.9. The molecule has 0 saturated heterocycles. The second kappa shape index (κ2) is 7.32. The number of carbonyl (C=O) groups is 2. The first-order valence-electron chi connectivity index (χ1n) is 6.72. The number of benzene rings is 2. The van der Waals surface area contributed by atoms with Crippen LogP contribution in [0.3, 0.4) is 0 Å². The predicted octanol–water partition coefficient (Wildman–Crippen LogP) is 3.81. The monoisotopic (exact) mass is 330 g/mol. The van der Waals surface area contributed by atoms with E-state index in [2.05, 4.69) is 13.2 Å². The Morgan fingerprint density at radius 3 is 1.46 bits per heavy atom. The summed E-state index contributed by atoms with van der Waals surface area (Å²) < 4.78 is 37.3. The number of hydrogen-bond donors (Lipinski definition) is 0. The minimum Gasteiger partial charge on any atom is -0.420 e. The topological polar surface area (TPSA) is 52.6 Å². The first-order valence-corrected chi connectivity index (χ1v) is 6.72. The van der Waals surface area contributed by atoms with Gasteiger partial charge < -0.3 is 9.47 Å². The molecule has 4 nitrogen and oxygen atoms in total. The molecule has 2 rings (SSSR count). The van der Waals surface area contributed by atoms with Gasteiger partial charge in [-0.15, -0.1) is 0 Å². The molecule has 0 N–H and O–H groups in total. The van der Waals surface area contributed by atoms with Gasteiger partial charge in [-0.2, -0.15) is 0 Å². The lowest BCUT2D eigenvalue weighted by molar-refractivity contribution is -0.130. The molecule has 0 radical (unpaired) electrons. The van der Waals surface area contributed by atoms with E-state index in [-0.39, 0.29) is 11.5 Å². The van der Waals surface area contributed by atoms with Crippen LogP contribution in [0.2, 0.25) is 0 Å². The van der Waals surface area contributed by atoms with Crippen molar-refractivity contribution < 1.29 is 27.8 Å². The van der Waals surface area contributed by atoms with E-state index >= 15 is 0 Å². The zero-order valence-corrected chi connectivity index (χ0v) is 12.4. The Morgan fingerprint density at radius 2 is 1.17 bits per heavy atom. The summed E-state index contributed by atoms with van der Waals surface area (Å²) in [7, 11) is 0. The standard InChI is InChI=1S/C18H12F2O4/c1-3-17(21)23-15-7-5-11(9-13(15)19)12-6-8-16(14(20)10-12)24-18(22)4-2/h3-10H,1-2H2. The van der Waals surface area contributed by atoms with Gasteiger partial charge in [0.15, 0.2) is 23.1 Å². The van der Waals surface area contributed by atoms with Crippen LogP contribution < -0.4 is 9.47 Å². The van der Waals surface area contributed by atoms with Gasteiger partial charge in [0.1, 0.15) is 0 Å². The summed E-state index contributed by atoms with van der Waals surface area (Å²) in [6.07, 6.45) is 1.82. The van der Waals surface area contributed by atoms with Crippen molar-refractivity contribution in [1.82, 2.24) is 0 Å². The number of rotatable bonds is 5. The van der Waals surface area contributed by atoms with Crippen LogP contribution in [-0.4, -0.2) is 11.9 Å². The van der Waals surface area contributed by atoms with Gasteiger partial charge in [-0.3, -0.25) is 0 Å². The summed E-state index contributed by atoms with van der Waals surface area (Å²) in [5, 5.41) is 0. The highest BCUT2D eigenvalue weighted by atomic mass is 19.1. The summed E-state index contributed by atoms with van der Waals surface area (Å²) in [6.45, 7) is 6.43. The van der Waals surface area contributed by atoms with Crippen molar-refractivity contribution in [2.45, 2.75) is 0 Å².